The number of hydrogen-bond donors (Lipinski definition) is 0. The Labute approximate surface area is 109 Å². The van der Waals surface area contributed by atoms with E-state index in [0.29, 0.717) is 0 Å². The Morgan fingerprint density at radius 3 is 1.93 bits per heavy atom. The van der Waals surface area contributed by atoms with Crippen LogP contribution < -0.4 is 0 Å². The third kappa shape index (κ3) is 14.7. The Bertz CT molecular complexity index is 121. The normalized spacial score (nSPS) is 8.43. The van der Waals surface area contributed by atoms with Crippen LogP contribution >= 0.6 is 0 Å². The molecule has 1 aromatic rings. The SMILES string of the molecule is [CH2-]CCCCCCC.[Zr+2].c1cc[cH-]c1. The van der Waals surface area contributed by atoms with Crippen LogP contribution in [0, 0.1) is 6.92 Å². The first-order valence-electron chi connectivity index (χ1n) is 5.37. The summed E-state index contributed by atoms with van der Waals surface area (Å²) in [6, 6.07) is 10.0. The monoisotopic (exact) mass is 268 g/mol. The van der Waals surface area contributed by atoms with Crippen molar-refractivity contribution in [2.45, 2.75) is 45.4 Å². The average Bonchev–Trinajstić information content (AvgIpc) is 2.70. The van der Waals surface area contributed by atoms with Gasteiger partial charge in [-0.15, -0.1) is 0 Å². The first-order valence-corrected chi connectivity index (χ1v) is 5.37. The molecule has 0 amide bonds. The van der Waals surface area contributed by atoms with Crippen LogP contribution in [0.3, 0.4) is 0 Å². The zero-order valence-electron chi connectivity index (χ0n) is 9.34. The van der Waals surface area contributed by atoms with E-state index < -0.39 is 0 Å². The molecule has 0 aliphatic carbocycles. The van der Waals surface area contributed by atoms with Crippen LogP contribution in [0.2, 0.25) is 0 Å². The van der Waals surface area contributed by atoms with Gasteiger partial charge in [-0.25, -0.2) is 12.1 Å². The van der Waals surface area contributed by atoms with Crippen molar-refractivity contribution in [2.75, 3.05) is 0 Å². The fourth-order valence-electron chi connectivity index (χ4n) is 1.10. The van der Waals surface area contributed by atoms with Gasteiger partial charge in [-0.3, -0.25) is 0 Å². The van der Waals surface area contributed by atoms with E-state index in [1.165, 1.54) is 32.1 Å². The summed E-state index contributed by atoms with van der Waals surface area (Å²) in [6.45, 7) is 6.02. The Morgan fingerprint density at radius 2 is 1.57 bits per heavy atom. The molecule has 0 saturated heterocycles. The van der Waals surface area contributed by atoms with Crippen molar-refractivity contribution in [3.8, 4) is 0 Å². The van der Waals surface area contributed by atoms with Crippen LogP contribution in [0.4, 0.5) is 0 Å². The second kappa shape index (κ2) is 15.7. The van der Waals surface area contributed by atoms with Crippen LogP contribution in [0.1, 0.15) is 45.4 Å². The summed E-state index contributed by atoms with van der Waals surface area (Å²) in [4.78, 5) is 0. The van der Waals surface area contributed by atoms with Gasteiger partial charge in [-0.1, -0.05) is 39.0 Å². The smallest absolute Gasteiger partial charge is 0.343 e. The van der Waals surface area contributed by atoms with Crippen LogP contribution in [0.15, 0.2) is 30.3 Å². The maximum absolute atomic E-state index is 3.78. The first kappa shape index (κ1) is 16.7. The van der Waals surface area contributed by atoms with Crippen molar-refractivity contribution in [1.82, 2.24) is 0 Å². The largest absolute Gasteiger partial charge is 2.00 e. The summed E-state index contributed by atoms with van der Waals surface area (Å²) in [7, 11) is 0. The second-order valence-electron chi connectivity index (χ2n) is 3.23. The molecule has 14 heavy (non-hydrogen) atoms. The molecule has 0 N–H and O–H groups in total. The van der Waals surface area contributed by atoms with E-state index in [1.54, 1.807) is 0 Å². The molecule has 78 valence electrons. The molecule has 0 aliphatic rings. The van der Waals surface area contributed by atoms with Gasteiger partial charge < -0.3 is 6.92 Å². The fraction of sp³-hybridized carbons (Fsp3) is 0.538. The summed E-state index contributed by atoms with van der Waals surface area (Å²) in [5.74, 6) is 0. The standard InChI is InChI=1S/C8H17.C5H5.Zr/c1-3-5-7-8-6-4-2;1-2-4-5-3-1;/h1,3-8H2,2H3;1-5H;/q2*-1;+2. The van der Waals surface area contributed by atoms with Crippen LogP contribution in [-0.4, -0.2) is 0 Å². The zero-order valence-corrected chi connectivity index (χ0v) is 11.8. The molecule has 0 nitrogen and oxygen atoms in total. The van der Waals surface area contributed by atoms with Crippen LogP contribution in [-0.2, 0) is 26.2 Å². The Hall–Kier alpha value is 0.233. The molecule has 0 aromatic heterocycles. The number of rotatable bonds is 5. The van der Waals surface area contributed by atoms with Gasteiger partial charge in [0.05, 0.1) is 0 Å². The van der Waals surface area contributed by atoms with Gasteiger partial charge in [0.25, 0.3) is 0 Å². The fourth-order valence-corrected chi connectivity index (χ4v) is 1.10. The van der Waals surface area contributed by atoms with Gasteiger partial charge in [0, 0.05) is 0 Å². The molecule has 0 bridgehead atoms. The van der Waals surface area contributed by atoms with Gasteiger partial charge in [0.15, 0.2) is 0 Å². The third-order valence-corrected chi connectivity index (χ3v) is 1.91. The molecule has 1 heteroatoms. The minimum atomic E-state index is 0. The van der Waals surface area contributed by atoms with Crippen molar-refractivity contribution in [3.05, 3.63) is 37.3 Å². The Balaban J connectivity index is 0. The topological polar surface area (TPSA) is 0 Å². The summed E-state index contributed by atoms with van der Waals surface area (Å²) < 4.78 is 0. The second-order valence-corrected chi connectivity index (χ2v) is 3.23. The summed E-state index contributed by atoms with van der Waals surface area (Å²) in [6.07, 6.45) is 7.98. The van der Waals surface area contributed by atoms with Gasteiger partial charge in [-0.2, -0.15) is 24.6 Å². The van der Waals surface area contributed by atoms with Gasteiger partial charge in [0.1, 0.15) is 0 Å². The Kier molecular flexibility index (Phi) is 18.7. The van der Waals surface area contributed by atoms with E-state index in [0.717, 1.165) is 6.42 Å². The predicted molar refractivity (Wildman–Crippen MR) is 60.8 cm³/mol. The summed E-state index contributed by atoms with van der Waals surface area (Å²) >= 11 is 0. The molecule has 0 saturated carbocycles. The molecule has 0 heterocycles. The van der Waals surface area contributed by atoms with Crippen molar-refractivity contribution >= 4 is 0 Å². The third-order valence-electron chi connectivity index (χ3n) is 1.91. The molecular formula is C13H22Zr. The minimum Gasteiger partial charge on any atom is -0.343 e. The van der Waals surface area contributed by atoms with Crippen molar-refractivity contribution in [1.29, 1.82) is 0 Å². The summed E-state index contributed by atoms with van der Waals surface area (Å²) in [5.41, 5.74) is 0. The summed E-state index contributed by atoms with van der Waals surface area (Å²) in [5, 5.41) is 0. The molecule has 0 fully saturated rings. The molecule has 0 atom stereocenters. The van der Waals surface area contributed by atoms with E-state index in [4.69, 9.17) is 0 Å². The molecule has 1 rings (SSSR count). The van der Waals surface area contributed by atoms with Crippen molar-refractivity contribution in [3.63, 3.8) is 0 Å². The van der Waals surface area contributed by atoms with E-state index >= 15 is 0 Å². The maximum atomic E-state index is 3.78. The molecule has 0 unspecified atom stereocenters. The van der Waals surface area contributed by atoms with Gasteiger partial charge in [0.2, 0.25) is 0 Å². The van der Waals surface area contributed by atoms with E-state index in [-0.39, 0.29) is 26.2 Å². The number of hydrogen-bond acceptors (Lipinski definition) is 0. The molecule has 0 aliphatic heterocycles. The van der Waals surface area contributed by atoms with E-state index in [1.807, 2.05) is 30.3 Å². The van der Waals surface area contributed by atoms with E-state index in [9.17, 15) is 0 Å². The first-order chi connectivity index (χ1) is 6.41. The van der Waals surface area contributed by atoms with Crippen LogP contribution in [0.25, 0.3) is 0 Å². The zero-order chi connectivity index (χ0) is 9.78. The van der Waals surface area contributed by atoms with Crippen molar-refractivity contribution in [2.24, 2.45) is 0 Å². The van der Waals surface area contributed by atoms with E-state index in [2.05, 4.69) is 13.8 Å². The quantitative estimate of drug-likeness (QED) is 0.542. The maximum Gasteiger partial charge on any atom is 2.00 e. The number of unbranched alkanes of at least 4 members (excludes halogenated alkanes) is 5. The Morgan fingerprint density at radius 1 is 1.00 bits per heavy atom. The van der Waals surface area contributed by atoms with Crippen molar-refractivity contribution < 1.29 is 26.2 Å². The van der Waals surface area contributed by atoms with Gasteiger partial charge >= 0.3 is 26.2 Å². The van der Waals surface area contributed by atoms with Crippen LogP contribution in [0.5, 0.6) is 0 Å². The minimum absolute atomic E-state index is 0. The molecule has 1 aromatic carbocycles. The molecule has 0 radical (unpaired) electrons. The van der Waals surface area contributed by atoms with Gasteiger partial charge in [-0.05, 0) is 0 Å². The predicted octanol–water partition coefficient (Wildman–Crippen LogP) is 4.58. The molecule has 0 spiro atoms. The average molecular weight is 270 g/mol. The molecular weight excluding hydrogens is 247 g/mol.